The molecule has 1 saturated heterocycles. The minimum Gasteiger partial charge on any atom is -0.465 e. The van der Waals surface area contributed by atoms with Crippen molar-refractivity contribution in [3.05, 3.63) is 47.5 Å². The van der Waals surface area contributed by atoms with Gasteiger partial charge in [0.25, 0.3) is 0 Å². The molecule has 3 atom stereocenters. The molecule has 3 rings (SSSR count). The van der Waals surface area contributed by atoms with Crippen LogP contribution in [0.25, 0.3) is 0 Å². The van der Waals surface area contributed by atoms with E-state index in [1.807, 2.05) is 12.2 Å². The molecule has 7 heteroatoms. The SMILES string of the molecule is COC(=O)c1ccc(CNC(=O)[C@H](C)N2C(=O)[C@H]3CC=CC[C@H]3C2=O)cc1. The number of methoxy groups -OCH3 is 1. The van der Waals surface area contributed by atoms with Gasteiger partial charge in [-0.3, -0.25) is 19.3 Å². The third-order valence-corrected chi connectivity index (χ3v) is 5.15. The molecule has 0 aromatic heterocycles. The molecular formula is C20H22N2O5. The predicted octanol–water partition coefficient (Wildman–Crippen LogP) is 1.43. The highest BCUT2D eigenvalue weighted by molar-refractivity contribution is 6.08. The number of carbonyl (C=O) groups excluding carboxylic acids is 4. The van der Waals surface area contributed by atoms with Crippen LogP contribution >= 0.6 is 0 Å². The van der Waals surface area contributed by atoms with Crippen LogP contribution in [0.1, 0.15) is 35.7 Å². The van der Waals surface area contributed by atoms with Gasteiger partial charge in [-0.05, 0) is 37.5 Å². The van der Waals surface area contributed by atoms with E-state index in [9.17, 15) is 19.2 Å². The Balaban J connectivity index is 1.60. The second-order valence-corrected chi connectivity index (χ2v) is 6.78. The van der Waals surface area contributed by atoms with Gasteiger partial charge in [0.2, 0.25) is 17.7 Å². The van der Waals surface area contributed by atoms with Crippen molar-refractivity contribution in [2.45, 2.75) is 32.4 Å². The standard InChI is InChI=1S/C20H22N2O5/c1-12(22-18(24)15-5-3-4-6-16(15)19(22)25)17(23)21-11-13-7-9-14(10-8-13)20(26)27-2/h3-4,7-10,12,15-16H,5-6,11H2,1-2H3,(H,21,23)/t12-,15-,16+/m0/s1. The number of fused-ring (bicyclic) bond motifs is 1. The maximum absolute atomic E-state index is 12.5. The van der Waals surface area contributed by atoms with Gasteiger partial charge in [0.1, 0.15) is 6.04 Å². The van der Waals surface area contributed by atoms with Crippen molar-refractivity contribution < 1.29 is 23.9 Å². The Morgan fingerprint density at radius 3 is 2.19 bits per heavy atom. The van der Waals surface area contributed by atoms with E-state index in [0.29, 0.717) is 18.4 Å². The number of rotatable bonds is 5. The van der Waals surface area contributed by atoms with Crippen LogP contribution in [0.3, 0.4) is 0 Å². The lowest BCUT2D eigenvalue weighted by Crippen LogP contribution is -2.48. The summed E-state index contributed by atoms with van der Waals surface area (Å²) in [5.74, 6) is -2.03. The fourth-order valence-corrected chi connectivity index (χ4v) is 3.54. The number of hydrogen-bond donors (Lipinski definition) is 1. The number of amides is 3. The van der Waals surface area contributed by atoms with Crippen LogP contribution in [0.4, 0.5) is 0 Å². The summed E-state index contributed by atoms with van der Waals surface area (Å²) in [5, 5.41) is 2.74. The number of imide groups is 1. The first-order valence-corrected chi connectivity index (χ1v) is 8.91. The molecule has 0 unspecified atom stereocenters. The smallest absolute Gasteiger partial charge is 0.337 e. The zero-order chi connectivity index (χ0) is 19.6. The molecule has 3 amide bonds. The van der Waals surface area contributed by atoms with Gasteiger partial charge in [0, 0.05) is 6.54 Å². The Morgan fingerprint density at radius 2 is 1.67 bits per heavy atom. The summed E-state index contributed by atoms with van der Waals surface area (Å²) in [5.41, 5.74) is 1.21. The van der Waals surface area contributed by atoms with Gasteiger partial charge in [0.15, 0.2) is 0 Å². The van der Waals surface area contributed by atoms with Crippen LogP contribution in [-0.4, -0.2) is 41.7 Å². The molecule has 2 aliphatic rings. The van der Waals surface area contributed by atoms with Gasteiger partial charge in [-0.25, -0.2) is 4.79 Å². The van der Waals surface area contributed by atoms with Gasteiger partial charge in [-0.2, -0.15) is 0 Å². The van der Waals surface area contributed by atoms with E-state index in [-0.39, 0.29) is 36.1 Å². The number of benzene rings is 1. The van der Waals surface area contributed by atoms with Crippen molar-refractivity contribution in [2.24, 2.45) is 11.8 Å². The first kappa shape index (κ1) is 18.8. The number of allylic oxidation sites excluding steroid dienone is 2. The Labute approximate surface area is 157 Å². The molecule has 0 bridgehead atoms. The molecule has 1 aromatic carbocycles. The zero-order valence-corrected chi connectivity index (χ0v) is 15.3. The summed E-state index contributed by atoms with van der Waals surface area (Å²) in [6.45, 7) is 1.80. The summed E-state index contributed by atoms with van der Waals surface area (Å²) in [6, 6.07) is 5.79. The van der Waals surface area contributed by atoms with Crippen LogP contribution in [0.5, 0.6) is 0 Å². The highest BCUT2D eigenvalue weighted by Gasteiger charge is 2.49. The van der Waals surface area contributed by atoms with E-state index in [2.05, 4.69) is 10.1 Å². The fraction of sp³-hybridized carbons (Fsp3) is 0.400. The van der Waals surface area contributed by atoms with E-state index in [1.165, 1.54) is 7.11 Å². The molecule has 1 heterocycles. The molecule has 1 aromatic rings. The minimum atomic E-state index is -0.857. The van der Waals surface area contributed by atoms with E-state index in [4.69, 9.17) is 0 Å². The van der Waals surface area contributed by atoms with Crippen molar-refractivity contribution in [1.82, 2.24) is 10.2 Å². The van der Waals surface area contributed by atoms with Crippen LogP contribution < -0.4 is 5.32 Å². The molecule has 1 aliphatic heterocycles. The largest absolute Gasteiger partial charge is 0.465 e. The topological polar surface area (TPSA) is 92.8 Å². The van der Waals surface area contributed by atoms with E-state index < -0.39 is 12.0 Å². The summed E-state index contributed by atoms with van der Waals surface area (Å²) < 4.78 is 4.64. The number of ether oxygens (including phenoxy) is 1. The maximum atomic E-state index is 12.5. The van der Waals surface area contributed by atoms with Crippen molar-refractivity contribution in [3.63, 3.8) is 0 Å². The van der Waals surface area contributed by atoms with E-state index in [1.54, 1.807) is 31.2 Å². The van der Waals surface area contributed by atoms with Crippen molar-refractivity contribution in [2.75, 3.05) is 7.11 Å². The first-order valence-electron chi connectivity index (χ1n) is 8.91. The third-order valence-electron chi connectivity index (χ3n) is 5.15. The highest BCUT2D eigenvalue weighted by atomic mass is 16.5. The van der Waals surface area contributed by atoms with Crippen molar-refractivity contribution in [1.29, 1.82) is 0 Å². The van der Waals surface area contributed by atoms with Crippen LogP contribution in [0.2, 0.25) is 0 Å². The van der Waals surface area contributed by atoms with E-state index in [0.717, 1.165) is 10.5 Å². The highest BCUT2D eigenvalue weighted by Crippen LogP contribution is 2.36. The second-order valence-electron chi connectivity index (χ2n) is 6.78. The molecule has 0 spiro atoms. The molecule has 1 N–H and O–H groups in total. The van der Waals surface area contributed by atoms with Crippen molar-refractivity contribution >= 4 is 23.7 Å². The molecule has 142 valence electrons. The van der Waals surface area contributed by atoms with E-state index >= 15 is 0 Å². The number of nitrogens with zero attached hydrogens (tertiary/aromatic N) is 1. The first-order chi connectivity index (χ1) is 12.9. The molecule has 1 aliphatic carbocycles. The van der Waals surface area contributed by atoms with Gasteiger partial charge in [-0.1, -0.05) is 24.3 Å². The lowest BCUT2D eigenvalue weighted by Gasteiger charge is -2.22. The second kappa shape index (κ2) is 7.73. The predicted molar refractivity (Wildman–Crippen MR) is 96.3 cm³/mol. The zero-order valence-electron chi connectivity index (χ0n) is 15.3. The van der Waals surface area contributed by atoms with Crippen molar-refractivity contribution in [3.8, 4) is 0 Å². The number of carbonyl (C=O) groups is 4. The summed E-state index contributed by atoms with van der Waals surface area (Å²) in [6.07, 6.45) is 4.93. The summed E-state index contributed by atoms with van der Waals surface area (Å²) in [4.78, 5) is 50.1. The van der Waals surface area contributed by atoms with Gasteiger partial charge >= 0.3 is 5.97 Å². The van der Waals surface area contributed by atoms with Crippen LogP contribution in [0, 0.1) is 11.8 Å². The Bertz CT molecular complexity index is 773. The number of likely N-dealkylation sites (tertiary alicyclic amines) is 1. The monoisotopic (exact) mass is 370 g/mol. The Kier molecular flexibility index (Phi) is 5.39. The lowest BCUT2D eigenvalue weighted by molar-refractivity contribution is -0.147. The average molecular weight is 370 g/mol. The van der Waals surface area contributed by atoms with Gasteiger partial charge < -0.3 is 10.1 Å². The molecule has 1 fully saturated rings. The molecular weight excluding hydrogens is 348 g/mol. The summed E-state index contributed by atoms with van der Waals surface area (Å²) >= 11 is 0. The van der Waals surface area contributed by atoms with Gasteiger partial charge in [0.05, 0.1) is 24.5 Å². The Hall–Kier alpha value is -2.96. The lowest BCUT2D eigenvalue weighted by atomic mass is 9.85. The fourth-order valence-electron chi connectivity index (χ4n) is 3.54. The Morgan fingerprint density at radius 1 is 1.11 bits per heavy atom. The van der Waals surface area contributed by atoms with Gasteiger partial charge in [-0.15, -0.1) is 0 Å². The van der Waals surface area contributed by atoms with Crippen LogP contribution in [0.15, 0.2) is 36.4 Å². The molecule has 0 radical (unpaired) electrons. The maximum Gasteiger partial charge on any atom is 0.337 e. The minimum absolute atomic E-state index is 0.231. The number of hydrogen-bond acceptors (Lipinski definition) is 5. The molecule has 0 saturated carbocycles. The third kappa shape index (κ3) is 3.63. The van der Waals surface area contributed by atoms with Crippen LogP contribution in [-0.2, 0) is 25.7 Å². The normalized spacial score (nSPS) is 22.4. The quantitative estimate of drug-likeness (QED) is 0.481. The number of esters is 1. The average Bonchev–Trinajstić information content (AvgIpc) is 2.96. The molecule has 7 nitrogen and oxygen atoms in total. The molecule has 27 heavy (non-hydrogen) atoms. The summed E-state index contributed by atoms with van der Waals surface area (Å²) in [7, 11) is 1.31. The number of nitrogens with one attached hydrogen (secondary N) is 1.